The zero-order chi connectivity index (χ0) is 15.9. The van der Waals surface area contributed by atoms with Crippen LogP contribution < -0.4 is 16.4 Å². The number of aromatic nitrogens is 2. The molecular formula is C14H14ClN5O2. The molecule has 0 saturated heterocycles. The van der Waals surface area contributed by atoms with E-state index in [1.165, 1.54) is 12.4 Å². The number of rotatable bonds is 5. The molecule has 0 aliphatic carbocycles. The van der Waals surface area contributed by atoms with E-state index in [1.807, 2.05) is 0 Å². The van der Waals surface area contributed by atoms with Gasteiger partial charge in [-0.3, -0.25) is 9.59 Å². The van der Waals surface area contributed by atoms with Gasteiger partial charge in [-0.1, -0.05) is 11.6 Å². The van der Waals surface area contributed by atoms with E-state index >= 15 is 0 Å². The van der Waals surface area contributed by atoms with Crippen LogP contribution >= 0.6 is 11.6 Å². The lowest BCUT2D eigenvalue weighted by Crippen LogP contribution is -2.35. The van der Waals surface area contributed by atoms with Crippen molar-refractivity contribution >= 4 is 29.2 Å². The molecule has 22 heavy (non-hydrogen) atoms. The van der Waals surface area contributed by atoms with Gasteiger partial charge in [0.1, 0.15) is 0 Å². The Kier molecular flexibility index (Phi) is 5.26. The van der Waals surface area contributed by atoms with Crippen molar-refractivity contribution in [3.63, 3.8) is 0 Å². The van der Waals surface area contributed by atoms with Gasteiger partial charge in [0.25, 0.3) is 11.8 Å². The molecule has 0 radical (unpaired) electrons. The van der Waals surface area contributed by atoms with Crippen molar-refractivity contribution in [3.05, 3.63) is 52.9 Å². The van der Waals surface area contributed by atoms with Crippen LogP contribution in [0.5, 0.6) is 0 Å². The first-order chi connectivity index (χ1) is 10.6. The molecule has 8 heteroatoms. The number of carbonyl (C=O) groups is 2. The van der Waals surface area contributed by atoms with Crippen LogP contribution in [0.4, 0.5) is 5.82 Å². The minimum Gasteiger partial charge on any atom is -0.382 e. The molecule has 0 aliphatic rings. The van der Waals surface area contributed by atoms with Crippen LogP contribution in [0.1, 0.15) is 20.8 Å². The van der Waals surface area contributed by atoms with Crippen LogP contribution in [0.3, 0.4) is 0 Å². The average molecular weight is 320 g/mol. The van der Waals surface area contributed by atoms with Gasteiger partial charge in [-0.05, 0) is 24.3 Å². The smallest absolute Gasteiger partial charge is 0.273 e. The first-order valence-corrected chi connectivity index (χ1v) is 6.84. The third-order valence-electron chi connectivity index (χ3n) is 2.74. The van der Waals surface area contributed by atoms with Crippen molar-refractivity contribution in [2.45, 2.75) is 0 Å². The van der Waals surface area contributed by atoms with Crippen LogP contribution in [0.25, 0.3) is 0 Å². The Morgan fingerprint density at radius 2 is 1.59 bits per heavy atom. The normalized spacial score (nSPS) is 10.0. The third-order valence-corrected chi connectivity index (χ3v) is 3.00. The lowest BCUT2D eigenvalue weighted by atomic mass is 10.2. The topological polar surface area (TPSA) is 110 Å². The molecule has 1 heterocycles. The summed E-state index contributed by atoms with van der Waals surface area (Å²) in [6, 6.07) is 6.51. The van der Waals surface area contributed by atoms with E-state index in [0.717, 1.165) is 0 Å². The maximum atomic E-state index is 11.8. The summed E-state index contributed by atoms with van der Waals surface area (Å²) < 4.78 is 0. The second-order valence-corrected chi connectivity index (χ2v) is 4.75. The number of benzene rings is 1. The van der Waals surface area contributed by atoms with Gasteiger partial charge in [-0.15, -0.1) is 0 Å². The lowest BCUT2D eigenvalue weighted by Gasteiger charge is -2.07. The minimum absolute atomic E-state index is 0.0604. The maximum absolute atomic E-state index is 11.8. The Morgan fingerprint density at radius 3 is 2.23 bits per heavy atom. The van der Waals surface area contributed by atoms with Crippen molar-refractivity contribution in [1.29, 1.82) is 0 Å². The Balaban J connectivity index is 1.77. The predicted molar refractivity (Wildman–Crippen MR) is 82.6 cm³/mol. The number of amides is 2. The second-order valence-electron chi connectivity index (χ2n) is 4.31. The van der Waals surface area contributed by atoms with Crippen LogP contribution in [-0.2, 0) is 0 Å². The van der Waals surface area contributed by atoms with Crippen molar-refractivity contribution in [3.8, 4) is 0 Å². The largest absolute Gasteiger partial charge is 0.382 e. The van der Waals surface area contributed by atoms with Crippen LogP contribution in [-0.4, -0.2) is 34.9 Å². The number of anilines is 1. The van der Waals surface area contributed by atoms with Crippen LogP contribution in [0, 0.1) is 0 Å². The fourth-order valence-corrected chi connectivity index (χ4v) is 1.79. The van der Waals surface area contributed by atoms with Crippen LogP contribution in [0.2, 0.25) is 5.02 Å². The Bertz CT molecular complexity index is 675. The zero-order valence-corrected chi connectivity index (χ0v) is 12.3. The fourth-order valence-electron chi connectivity index (χ4n) is 1.66. The van der Waals surface area contributed by atoms with Crippen molar-refractivity contribution in [2.75, 3.05) is 18.8 Å². The van der Waals surface area contributed by atoms with Gasteiger partial charge in [0.2, 0.25) is 0 Å². The number of nitrogens with two attached hydrogens (primary N) is 1. The third kappa shape index (κ3) is 4.16. The predicted octanol–water partition coefficient (Wildman–Crippen LogP) is 0.872. The van der Waals surface area contributed by atoms with Crippen molar-refractivity contribution in [2.24, 2.45) is 0 Å². The minimum atomic E-state index is -0.439. The number of nitrogens with zero attached hydrogens (tertiary/aromatic N) is 2. The van der Waals surface area contributed by atoms with Crippen molar-refractivity contribution < 1.29 is 9.59 Å². The molecule has 0 spiro atoms. The molecule has 0 fully saturated rings. The van der Waals surface area contributed by atoms with E-state index < -0.39 is 5.91 Å². The van der Waals surface area contributed by atoms with Crippen molar-refractivity contribution in [1.82, 2.24) is 20.6 Å². The summed E-state index contributed by atoms with van der Waals surface area (Å²) in [5.41, 5.74) is 6.10. The number of nitrogen functional groups attached to an aromatic ring is 1. The molecule has 114 valence electrons. The highest BCUT2D eigenvalue weighted by Gasteiger charge is 2.11. The Morgan fingerprint density at radius 1 is 1.00 bits per heavy atom. The Labute approximate surface area is 131 Å². The number of carbonyl (C=O) groups excluding carboxylic acids is 2. The zero-order valence-electron chi connectivity index (χ0n) is 11.5. The summed E-state index contributed by atoms with van der Waals surface area (Å²) in [4.78, 5) is 31.2. The summed E-state index contributed by atoms with van der Waals surface area (Å²) in [6.45, 7) is 0.515. The molecular weight excluding hydrogens is 306 g/mol. The van der Waals surface area contributed by atoms with Gasteiger partial charge in [-0.2, -0.15) is 0 Å². The molecule has 4 N–H and O–H groups in total. The summed E-state index contributed by atoms with van der Waals surface area (Å²) in [7, 11) is 0. The highest BCUT2D eigenvalue weighted by molar-refractivity contribution is 6.30. The first kappa shape index (κ1) is 15.7. The standard InChI is InChI=1S/C14H14ClN5O2/c15-10-3-1-9(2-4-10)13(21)19-7-8-20-14(22)11-12(16)18-6-5-17-11/h1-6H,7-8H2,(H2,16,18)(H,19,21)(H,20,22). The molecule has 2 rings (SSSR count). The van der Waals surface area contributed by atoms with E-state index in [0.29, 0.717) is 10.6 Å². The molecule has 1 aromatic carbocycles. The van der Waals surface area contributed by atoms with Crippen LogP contribution in [0.15, 0.2) is 36.7 Å². The quantitative estimate of drug-likeness (QED) is 0.708. The average Bonchev–Trinajstić information content (AvgIpc) is 2.52. The summed E-state index contributed by atoms with van der Waals surface area (Å²) in [5.74, 6) is -0.624. The summed E-state index contributed by atoms with van der Waals surface area (Å²) in [5, 5.41) is 5.83. The molecule has 2 amide bonds. The fraction of sp³-hybridized carbons (Fsp3) is 0.143. The van der Waals surface area contributed by atoms with E-state index in [1.54, 1.807) is 24.3 Å². The van der Waals surface area contributed by atoms with E-state index in [2.05, 4.69) is 20.6 Å². The molecule has 0 aliphatic heterocycles. The second kappa shape index (κ2) is 7.37. The van der Waals surface area contributed by atoms with Gasteiger partial charge in [0.15, 0.2) is 11.5 Å². The summed E-state index contributed by atoms with van der Waals surface area (Å²) >= 11 is 5.75. The lowest BCUT2D eigenvalue weighted by molar-refractivity contribution is 0.0925. The highest BCUT2D eigenvalue weighted by Crippen LogP contribution is 2.09. The maximum Gasteiger partial charge on any atom is 0.273 e. The van der Waals surface area contributed by atoms with E-state index in [4.69, 9.17) is 17.3 Å². The molecule has 0 unspecified atom stereocenters. The molecule has 1 aromatic heterocycles. The van der Waals surface area contributed by atoms with Gasteiger partial charge < -0.3 is 16.4 Å². The monoisotopic (exact) mass is 319 g/mol. The Hall–Kier alpha value is -2.67. The van der Waals surface area contributed by atoms with Gasteiger partial charge in [0, 0.05) is 36.1 Å². The van der Waals surface area contributed by atoms with E-state index in [9.17, 15) is 9.59 Å². The number of hydrogen-bond acceptors (Lipinski definition) is 5. The van der Waals surface area contributed by atoms with Gasteiger partial charge >= 0.3 is 0 Å². The number of halogens is 1. The van der Waals surface area contributed by atoms with E-state index in [-0.39, 0.29) is 30.5 Å². The number of hydrogen-bond donors (Lipinski definition) is 3. The SMILES string of the molecule is Nc1nccnc1C(=O)NCCNC(=O)c1ccc(Cl)cc1. The molecule has 0 saturated carbocycles. The first-order valence-electron chi connectivity index (χ1n) is 6.46. The highest BCUT2D eigenvalue weighted by atomic mass is 35.5. The van der Waals surface area contributed by atoms with Gasteiger partial charge in [-0.25, -0.2) is 9.97 Å². The molecule has 0 bridgehead atoms. The molecule has 7 nitrogen and oxygen atoms in total. The number of nitrogens with one attached hydrogen (secondary N) is 2. The molecule has 0 atom stereocenters. The van der Waals surface area contributed by atoms with Gasteiger partial charge in [0.05, 0.1) is 0 Å². The summed E-state index contributed by atoms with van der Waals surface area (Å²) in [6.07, 6.45) is 2.78. The molecule has 2 aromatic rings.